The lowest BCUT2D eigenvalue weighted by molar-refractivity contribution is -0.120. The molecule has 0 heterocycles. The molecule has 0 fully saturated rings. The predicted octanol–water partition coefficient (Wildman–Crippen LogP) is 5.72. The highest BCUT2D eigenvalue weighted by Gasteiger charge is 2.30. The van der Waals surface area contributed by atoms with Gasteiger partial charge in [-0.05, 0) is 55.5 Å². The van der Waals surface area contributed by atoms with Crippen LogP contribution in [0.4, 0.5) is 5.69 Å². The maximum absolute atomic E-state index is 13.5. The maximum Gasteiger partial charge on any atom is 0.264 e. The summed E-state index contributed by atoms with van der Waals surface area (Å²) in [6.07, 6.45) is 0.694. The molecule has 3 aromatic rings. The lowest BCUT2D eigenvalue weighted by Crippen LogP contribution is -2.45. The minimum atomic E-state index is -4.01. The number of nitrogens with one attached hydrogen (secondary N) is 1. The molecule has 34 heavy (non-hydrogen) atoms. The van der Waals surface area contributed by atoms with E-state index in [1.165, 1.54) is 17.7 Å². The van der Waals surface area contributed by atoms with Crippen molar-refractivity contribution in [3.63, 3.8) is 0 Å². The van der Waals surface area contributed by atoms with Crippen LogP contribution in [0.3, 0.4) is 0 Å². The predicted molar refractivity (Wildman–Crippen MR) is 139 cm³/mol. The van der Waals surface area contributed by atoms with Crippen LogP contribution in [0.15, 0.2) is 83.8 Å². The monoisotopic (exact) mass is 498 g/mol. The lowest BCUT2D eigenvalue weighted by atomic mass is 9.79. The van der Waals surface area contributed by atoms with Crippen LogP contribution in [0.2, 0.25) is 5.02 Å². The SMILES string of the molecule is Cc1ccc(S(=O)(=O)N(CC(=O)NC(C)CC(C)(C)c2ccccc2)c2ccccc2Cl)cc1. The Morgan fingerprint density at radius 1 is 0.971 bits per heavy atom. The van der Waals surface area contributed by atoms with Gasteiger partial charge in [0.15, 0.2) is 0 Å². The van der Waals surface area contributed by atoms with E-state index in [1.54, 1.807) is 36.4 Å². The minimum absolute atomic E-state index is 0.101. The third kappa shape index (κ3) is 6.19. The zero-order valence-electron chi connectivity index (χ0n) is 20.0. The van der Waals surface area contributed by atoms with Crippen molar-refractivity contribution in [2.75, 3.05) is 10.8 Å². The van der Waals surface area contributed by atoms with Crippen LogP contribution in [0.5, 0.6) is 0 Å². The van der Waals surface area contributed by atoms with Crippen molar-refractivity contribution in [2.45, 2.75) is 50.5 Å². The summed E-state index contributed by atoms with van der Waals surface area (Å²) in [5.41, 5.74) is 2.22. The lowest BCUT2D eigenvalue weighted by Gasteiger charge is -2.30. The maximum atomic E-state index is 13.5. The highest BCUT2D eigenvalue weighted by molar-refractivity contribution is 7.92. The summed E-state index contributed by atoms with van der Waals surface area (Å²) in [5, 5.41) is 3.22. The molecule has 5 nitrogen and oxygen atoms in total. The van der Waals surface area contributed by atoms with E-state index in [0.29, 0.717) is 6.42 Å². The Labute approximate surface area is 207 Å². The summed E-state index contributed by atoms with van der Waals surface area (Å²) in [6.45, 7) is 7.69. The second-order valence-corrected chi connectivity index (χ2v) is 11.5. The number of hydrogen-bond acceptors (Lipinski definition) is 3. The van der Waals surface area contributed by atoms with Crippen molar-refractivity contribution in [1.29, 1.82) is 0 Å². The number of benzene rings is 3. The number of amides is 1. The zero-order valence-corrected chi connectivity index (χ0v) is 21.5. The second-order valence-electron chi connectivity index (χ2n) is 9.20. The van der Waals surface area contributed by atoms with Gasteiger partial charge < -0.3 is 5.32 Å². The standard InChI is InChI=1S/C27H31ClN2O3S/c1-20-14-16-23(17-15-20)34(32,33)30(25-13-9-8-12-24(25)28)19-26(31)29-21(2)18-27(3,4)22-10-6-5-7-11-22/h5-17,21H,18-19H2,1-4H3,(H,29,31). The number of hydrogen-bond donors (Lipinski definition) is 1. The van der Waals surface area contributed by atoms with E-state index < -0.39 is 15.9 Å². The molecule has 0 saturated carbocycles. The van der Waals surface area contributed by atoms with Crippen LogP contribution >= 0.6 is 11.6 Å². The summed E-state index contributed by atoms with van der Waals surface area (Å²) in [6, 6.07) is 23.1. The fourth-order valence-electron chi connectivity index (χ4n) is 4.07. The van der Waals surface area contributed by atoms with Gasteiger partial charge in [-0.15, -0.1) is 0 Å². The molecule has 7 heteroatoms. The van der Waals surface area contributed by atoms with E-state index in [-0.39, 0.29) is 33.6 Å². The van der Waals surface area contributed by atoms with Crippen LogP contribution in [0.1, 0.15) is 38.3 Å². The Balaban J connectivity index is 1.82. The Hall–Kier alpha value is -2.83. The van der Waals surface area contributed by atoms with Crippen molar-refractivity contribution >= 4 is 33.2 Å². The van der Waals surface area contributed by atoms with Crippen LogP contribution in [0, 0.1) is 6.92 Å². The van der Waals surface area contributed by atoms with Crippen LogP contribution in [-0.2, 0) is 20.2 Å². The Bertz CT molecular complexity index is 1230. The van der Waals surface area contributed by atoms with E-state index >= 15 is 0 Å². The first-order valence-corrected chi connectivity index (χ1v) is 13.0. The van der Waals surface area contributed by atoms with Gasteiger partial charge in [-0.25, -0.2) is 8.42 Å². The normalized spacial score (nSPS) is 12.7. The molecule has 0 spiro atoms. The fourth-order valence-corrected chi connectivity index (χ4v) is 5.79. The van der Waals surface area contributed by atoms with Gasteiger partial charge in [-0.1, -0.05) is 85.6 Å². The van der Waals surface area contributed by atoms with Gasteiger partial charge in [-0.2, -0.15) is 0 Å². The number of aryl methyl sites for hydroxylation is 1. The summed E-state index contributed by atoms with van der Waals surface area (Å²) in [7, 11) is -4.01. The van der Waals surface area contributed by atoms with Gasteiger partial charge in [0.1, 0.15) is 6.54 Å². The highest BCUT2D eigenvalue weighted by atomic mass is 35.5. The highest BCUT2D eigenvalue weighted by Crippen LogP contribution is 2.31. The molecule has 0 bridgehead atoms. The first kappa shape index (κ1) is 25.8. The molecular weight excluding hydrogens is 468 g/mol. The Morgan fingerprint density at radius 2 is 1.56 bits per heavy atom. The number of halogens is 1. The van der Waals surface area contributed by atoms with E-state index in [4.69, 9.17) is 11.6 Å². The number of sulfonamides is 1. The Morgan fingerprint density at radius 3 is 2.18 bits per heavy atom. The van der Waals surface area contributed by atoms with Gasteiger partial charge in [0.2, 0.25) is 5.91 Å². The molecule has 1 amide bonds. The summed E-state index contributed by atoms with van der Waals surface area (Å²) < 4.78 is 28.1. The number of nitrogens with zero attached hydrogens (tertiary/aromatic N) is 1. The fraction of sp³-hybridized carbons (Fsp3) is 0.296. The molecule has 3 rings (SSSR count). The summed E-state index contributed by atoms with van der Waals surface area (Å²) in [4.78, 5) is 13.1. The molecule has 1 unspecified atom stereocenters. The molecule has 0 aliphatic carbocycles. The van der Waals surface area contributed by atoms with Crippen molar-refractivity contribution in [1.82, 2.24) is 5.32 Å². The second kappa shape index (κ2) is 10.6. The molecule has 0 aromatic heterocycles. The minimum Gasteiger partial charge on any atom is -0.352 e. The molecule has 1 N–H and O–H groups in total. The van der Waals surface area contributed by atoms with Crippen molar-refractivity contribution in [2.24, 2.45) is 0 Å². The molecule has 0 aliphatic heterocycles. The average Bonchev–Trinajstić information content (AvgIpc) is 2.78. The molecule has 3 aromatic carbocycles. The molecule has 0 aliphatic rings. The topological polar surface area (TPSA) is 66.5 Å². The number of para-hydroxylation sites is 1. The van der Waals surface area contributed by atoms with E-state index in [1.807, 2.05) is 32.0 Å². The number of rotatable bonds is 9. The summed E-state index contributed by atoms with van der Waals surface area (Å²) >= 11 is 6.34. The average molecular weight is 499 g/mol. The van der Waals surface area contributed by atoms with Crippen LogP contribution in [-0.4, -0.2) is 26.9 Å². The van der Waals surface area contributed by atoms with Gasteiger partial charge >= 0.3 is 0 Å². The third-order valence-electron chi connectivity index (χ3n) is 5.80. The molecule has 180 valence electrons. The van der Waals surface area contributed by atoms with E-state index in [2.05, 4.69) is 31.3 Å². The number of carbonyl (C=O) groups excluding carboxylic acids is 1. The first-order chi connectivity index (χ1) is 16.0. The van der Waals surface area contributed by atoms with E-state index in [0.717, 1.165) is 9.87 Å². The molecule has 0 saturated heterocycles. The first-order valence-electron chi connectivity index (χ1n) is 11.2. The molecular formula is C27H31ClN2O3S. The van der Waals surface area contributed by atoms with Crippen molar-refractivity contribution in [3.05, 3.63) is 95.0 Å². The van der Waals surface area contributed by atoms with Gasteiger partial charge in [0.05, 0.1) is 15.6 Å². The van der Waals surface area contributed by atoms with Crippen molar-refractivity contribution < 1.29 is 13.2 Å². The summed E-state index contributed by atoms with van der Waals surface area (Å²) in [5.74, 6) is -0.396. The quantitative estimate of drug-likeness (QED) is 0.410. The van der Waals surface area contributed by atoms with Crippen molar-refractivity contribution in [3.8, 4) is 0 Å². The van der Waals surface area contributed by atoms with Gasteiger partial charge in [-0.3, -0.25) is 9.10 Å². The number of anilines is 1. The van der Waals surface area contributed by atoms with Crippen LogP contribution < -0.4 is 9.62 Å². The largest absolute Gasteiger partial charge is 0.352 e. The number of carbonyl (C=O) groups is 1. The smallest absolute Gasteiger partial charge is 0.264 e. The molecule has 0 radical (unpaired) electrons. The third-order valence-corrected chi connectivity index (χ3v) is 7.89. The van der Waals surface area contributed by atoms with Gasteiger partial charge in [0.25, 0.3) is 10.0 Å². The van der Waals surface area contributed by atoms with Gasteiger partial charge in [0, 0.05) is 6.04 Å². The molecule has 1 atom stereocenters. The zero-order chi connectivity index (χ0) is 24.9. The van der Waals surface area contributed by atoms with E-state index in [9.17, 15) is 13.2 Å². The Kier molecular flexibility index (Phi) is 8.05. The van der Waals surface area contributed by atoms with Crippen LogP contribution in [0.25, 0.3) is 0 Å².